The summed E-state index contributed by atoms with van der Waals surface area (Å²) in [4.78, 5) is 34.3. The zero-order chi connectivity index (χ0) is 29.5. The zero-order valence-electron chi connectivity index (χ0n) is 24.0. The minimum atomic E-state index is -0.771. The van der Waals surface area contributed by atoms with Gasteiger partial charge in [0.25, 0.3) is 0 Å². The van der Waals surface area contributed by atoms with Crippen LogP contribution in [0.15, 0.2) is 106 Å². The van der Waals surface area contributed by atoms with Crippen LogP contribution in [0.5, 0.6) is 0 Å². The Bertz CT molecular complexity index is 1540. The summed E-state index contributed by atoms with van der Waals surface area (Å²) in [6.07, 6.45) is 0. The highest BCUT2D eigenvalue weighted by Crippen LogP contribution is 2.44. The third-order valence-corrected chi connectivity index (χ3v) is 6.98. The Kier molecular flexibility index (Phi) is 9.15. The Morgan fingerprint density at radius 3 is 1.85 bits per heavy atom. The second kappa shape index (κ2) is 12.9. The van der Waals surface area contributed by atoms with Crippen LogP contribution < -0.4 is 0 Å². The number of nitriles is 1. The molecular formula is C34H33N3O4. The van der Waals surface area contributed by atoms with E-state index in [0.29, 0.717) is 39.5 Å². The number of rotatable bonds is 7. The number of para-hydroxylation sites is 1. The Morgan fingerprint density at radius 1 is 0.805 bits per heavy atom. The molecule has 7 heteroatoms. The fraction of sp³-hybridized carbons (Fsp3) is 0.235. The van der Waals surface area contributed by atoms with Gasteiger partial charge in [0.1, 0.15) is 5.84 Å². The SMILES string of the molecule is CCOC(=O)C1=C(C)N(C(=Nc2ccccc2C)c2ccccc2)C(C)=C(C(=O)OCC)C1c1ccc(C#N)cc1. The molecule has 7 nitrogen and oxygen atoms in total. The highest BCUT2D eigenvalue weighted by molar-refractivity contribution is 6.07. The molecule has 0 aliphatic carbocycles. The van der Waals surface area contributed by atoms with Gasteiger partial charge in [-0.25, -0.2) is 14.6 Å². The number of nitrogens with zero attached hydrogens (tertiary/aromatic N) is 3. The normalized spacial score (nSPS) is 14.1. The summed E-state index contributed by atoms with van der Waals surface area (Å²) in [7, 11) is 0. The van der Waals surface area contributed by atoms with Crippen molar-refractivity contribution in [1.82, 2.24) is 4.90 Å². The van der Waals surface area contributed by atoms with Crippen LogP contribution in [0.4, 0.5) is 5.69 Å². The molecule has 208 valence electrons. The fourth-order valence-corrected chi connectivity index (χ4v) is 5.04. The van der Waals surface area contributed by atoms with Gasteiger partial charge in [-0.3, -0.25) is 0 Å². The Balaban J connectivity index is 2.07. The van der Waals surface area contributed by atoms with Crippen molar-refractivity contribution in [2.45, 2.75) is 40.5 Å². The molecular weight excluding hydrogens is 514 g/mol. The van der Waals surface area contributed by atoms with Gasteiger partial charge < -0.3 is 14.4 Å². The quantitative estimate of drug-likeness (QED) is 0.185. The van der Waals surface area contributed by atoms with Crippen LogP contribution in [-0.2, 0) is 19.1 Å². The number of aliphatic imine (C=N–C) groups is 1. The van der Waals surface area contributed by atoms with E-state index in [1.165, 1.54) is 0 Å². The second-order valence-corrected chi connectivity index (χ2v) is 9.53. The zero-order valence-corrected chi connectivity index (χ0v) is 24.0. The molecule has 0 saturated carbocycles. The monoisotopic (exact) mass is 547 g/mol. The van der Waals surface area contributed by atoms with Crippen LogP contribution in [0.25, 0.3) is 0 Å². The Morgan fingerprint density at radius 2 is 1.34 bits per heavy atom. The van der Waals surface area contributed by atoms with E-state index in [-0.39, 0.29) is 13.2 Å². The minimum absolute atomic E-state index is 0.163. The maximum absolute atomic E-state index is 13.7. The fourth-order valence-electron chi connectivity index (χ4n) is 5.04. The van der Waals surface area contributed by atoms with Crippen molar-refractivity contribution in [3.63, 3.8) is 0 Å². The van der Waals surface area contributed by atoms with Crippen molar-refractivity contribution in [3.05, 3.63) is 124 Å². The molecule has 0 saturated heterocycles. The van der Waals surface area contributed by atoms with Gasteiger partial charge in [0, 0.05) is 17.0 Å². The van der Waals surface area contributed by atoms with Crippen LogP contribution in [0.2, 0.25) is 0 Å². The number of hydrogen-bond acceptors (Lipinski definition) is 6. The first-order valence-corrected chi connectivity index (χ1v) is 13.6. The first-order chi connectivity index (χ1) is 19.8. The molecule has 0 aromatic heterocycles. The van der Waals surface area contributed by atoms with E-state index < -0.39 is 17.9 Å². The molecule has 0 N–H and O–H groups in total. The van der Waals surface area contributed by atoms with E-state index in [1.54, 1.807) is 38.1 Å². The molecule has 1 aliphatic rings. The van der Waals surface area contributed by atoms with Crippen molar-refractivity contribution < 1.29 is 19.1 Å². The third kappa shape index (κ3) is 5.97. The standard InChI is InChI=1S/C34H33N3O4/c1-6-40-33(38)29-23(4)37(32(27-14-9-8-10-15-27)36-28-16-12-11-13-22(28)3)24(5)30(34(39)41-7-2)31(29)26-19-17-25(21-35)18-20-26/h8-20,31H,6-7H2,1-5H3. The molecule has 0 atom stereocenters. The van der Waals surface area contributed by atoms with E-state index in [1.807, 2.05) is 80.3 Å². The van der Waals surface area contributed by atoms with Crippen LogP contribution in [0.3, 0.4) is 0 Å². The summed E-state index contributed by atoms with van der Waals surface area (Å²) in [5.41, 5.74) is 5.46. The predicted molar refractivity (Wildman–Crippen MR) is 158 cm³/mol. The van der Waals surface area contributed by atoms with Crippen LogP contribution >= 0.6 is 0 Å². The van der Waals surface area contributed by atoms with Crippen LogP contribution in [0, 0.1) is 18.3 Å². The Hall–Kier alpha value is -4.96. The van der Waals surface area contributed by atoms with Gasteiger partial charge in [0.05, 0.1) is 47.6 Å². The number of allylic oxidation sites excluding steroid dienone is 2. The number of aryl methyl sites for hydroxylation is 1. The van der Waals surface area contributed by atoms with Crippen molar-refractivity contribution >= 4 is 23.5 Å². The molecule has 0 amide bonds. The van der Waals surface area contributed by atoms with Crippen LogP contribution in [0.1, 0.15) is 55.9 Å². The smallest absolute Gasteiger partial charge is 0.336 e. The lowest BCUT2D eigenvalue weighted by atomic mass is 9.79. The summed E-state index contributed by atoms with van der Waals surface area (Å²) >= 11 is 0. The van der Waals surface area contributed by atoms with Crippen molar-refractivity contribution in [2.24, 2.45) is 4.99 Å². The second-order valence-electron chi connectivity index (χ2n) is 9.53. The molecule has 3 aromatic rings. The number of benzene rings is 3. The van der Waals surface area contributed by atoms with Crippen molar-refractivity contribution in [2.75, 3.05) is 13.2 Å². The van der Waals surface area contributed by atoms with Crippen LogP contribution in [-0.4, -0.2) is 35.9 Å². The summed E-state index contributed by atoms with van der Waals surface area (Å²) in [5, 5.41) is 9.35. The molecule has 0 spiro atoms. The predicted octanol–water partition coefficient (Wildman–Crippen LogP) is 6.72. The van der Waals surface area contributed by atoms with E-state index in [2.05, 4.69) is 6.07 Å². The van der Waals surface area contributed by atoms with E-state index in [0.717, 1.165) is 16.8 Å². The third-order valence-electron chi connectivity index (χ3n) is 6.98. The minimum Gasteiger partial charge on any atom is -0.463 e. The molecule has 0 fully saturated rings. The number of carbonyl (C=O) groups is 2. The topological polar surface area (TPSA) is 92.0 Å². The molecule has 0 unspecified atom stereocenters. The first kappa shape index (κ1) is 29.0. The summed E-state index contributed by atoms with van der Waals surface area (Å²) in [6, 6.07) is 26.4. The van der Waals surface area contributed by atoms with Gasteiger partial charge in [-0.2, -0.15) is 5.26 Å². The maximum atomic E-state index is 13.7. The summed E-state index contributed by atoms with van der Waals surface area (Å²) < 4.78 is 11.1. The average molecular weight is 548 g/mol. The molecule has 1 heterocycles. The molecule has 4 rings (SSSR count). The molecule has 0 radical (unpaired) electrons. The number of carbonyl (C=O) groups excluding carboxylic acids is 2. The van der Waals surface area contributed by atoms with E-state index in [9.17, 15) is 14.9 Å². The lowest BCUT2D eigenvalue weighted by Gasteiger charge is -2.38. The average Bonchev–Trinajstić information content (AvgIpc) is 2.98. The van der Waals surface area contributed by atoms with Gasteiger partial charge in [-0.1, -0.05) is 60.7 Å². The maximum Gasteiger partial charge on any atom is 0.336 e. The van der Waals surface area contributed by atoms with E-state index in [4.69, 9.17) is 14.5 Å². The lowest BCUT2D eigenvalue weighted by Crippen LogP contribution is -2.39. The van der Waals surface area contributed by atoms with Gasteiger partial charge >= 0.3 is 11.9 Å². The molecule has 3 aromatic carbocycles. The van der Waals surface area contributed by atoms with Crippen molar-refractivity contribution in [1.29, 1.82) is 5.26 Å². The van der Waals surface area contributed by atoms with Gasteiger partial charge in [0.2, 0.25) is 0 Å². The number of hydrogen-bond donors (Lipinski definition) is 0. The molecule has 41 heavy (non-hydrogen) atoms. The van der Waals surface area contributed by atoms with Crippen molar-refractivity contribution in [3.8, 4) is 6.07 Å². The number of ether oxygens (including phenoxy) is 2. The lowest BCUT2D eigenvalue weighted by molar-refractivity contribution is -0.139. The highest BCUT2D eigenvalue weighted by Gasteiger charge is 2.42. The highest BCUT2D eigenvalue weighted by atomic mass is 16.5. The Labute approximate surface area is 241 Å². The largest absolute Gasteiger partial charge is 0.463 e. The van der Waals surface area contributed by atoms with E-state index >= 15 is 0 Å². The summed E-state index contributed by atoms with van der Waals surface area (Å²) in [6.45, 7) is 9.47. The van der Waals surface area contributed by atoms with Gasteiger partial charge in [-0.15, -0.1) is 0 Å². The summed E-state index contributed by atoms with van der Waals surface area (Å²) in [5.74, 6) is -1.30. The molecule has 0 bridgehead atoms. The van der Waals surface area contributed by atoms with Gasteiger partial charge in [0.15, 0.2) is 0 Å². The van der Waals surface area contributed by atoms with Gasteiger partial charge in [-0.05, 0) is 63.9 Å². The number of esters is 2. The number of amidine groups is 1. The first-order valence-electron chi connectivity index (χ1n) is 13.6. The molecule has 1 aliphatic heterocycles.